The molecule has 0 radical (unpaired) electrons. The Morgan fingerprint density at radius 1 is 1.35 bits per heavy atom. The van der Waals surface area contributed by atoms with E-state index in [2.05, 4.69) is 37.7 Å². The fourth-order valence-electron chi connectivity index (χ4n) is 4.32. The highest BCUT2D eigenvalue weighted by molar-refractivity contribution is 5.96. The van der Waals surface area contributed by atoms with E-state index in [4.69, 9.17) is 4.74 Å². The third-order valence-electron chi connectivity index (χ3n) is 6.36. The minimum Gasteiger partial charge on any atom is -0.467 e. The van der Waals surface area contributed by atoms with Crippen molar-refractivity contribution >= 4 is 34.8 Å². The molecule has 0 aromatic carbocycles. The maximum Gasteiger partial charge on any atom is 0.328 e. The number of ether oxygens (including phenoxy) is 1. The summed E-state index contributed by atoms with van der Waals surface area (Å²) >= 11 is 0. The molecule has 3 heterocycles. The zero-order valence-corrected chi connectivity index (χ0v) is 20.3. The average molecular weight is 474 g/mol. The van der Waals surface area contributed by atoms with E-state index in [-0.39, 0.29) is 12.6 Å². The topological polar surface area (TPSA) is 130 Å². The Labute approximate surface area is 199 Å². The summed E-state index contributed by atoms with van der Waals surface area (Å²) in [5, 5.41) is 9.41. The van der Waals surface area contributed by atoms with Crippen molar-refractivity contribution in [3.05, 3.63) is 18.6 Å². The van der Waals surface area contributed by atoms with Gasteiger partial charge in [0.15, 0.2) is 5.65 Å². The van der Waals surface area contributed by atoms with E-state index in [1.54, 1.807) is 12.3 Å². The van der Waals surface area contributed by atoms with E-state index in [9.17, 15) is 14.4 Å². The lowest BCUT2D eigenvalue weighted by molar-refractivity contribution is -0.145. The van der Waals surface area contributed by atoms with Crippen molar-refractivity contribution in [3.8, 4) is 0 Å². The number of aromatic nitrogens is 3. The Bertz CT molecular complexity index is 1010. The molecule has 11 nitrogen and oxygen atoms in total. The van der Waals surface area contributed by atoms with E-state index in [0.717, 1.165) is 43.6 Å². The van der Waals surface area contributed by atoms with Gasteiger partial charge in [0.2, 0.25) is 5.91 Å². The molecule has 1 aliphatic rings. The van der Waals surface area contributed by atoms with Gasteiger partial charge in [0.1, 0.15) is 18.2 Å². The molecule has 1 aliphatic heterocycles. The van der Waals surface area contributed by atoms with Crippen LogP contribution < -0.4 is 20.9 Å². The number of piperidine rings is 1. The summed E-state index contributed by atoms with van der Waals surface area (Å²) in [7, 11) is 3.29. The first kappa shape index (κ1) is 25.4. The minimum absolute atomic E-state index is 0.277. The average Bonchev–Trinajstić information content (AvgIpc) is 3.29. The number of likely N-dealkylation sites (N-methyl/N-ethyl adjacent to an activating group) is 1. The van der Waals surface area contributed by atoms with Gasteiger partial charge in [-0.2, -0.15) is 0 Å². The summed E-state index contributed by atoms with van der Waals surface area (Å²) in [5.41, 5.74) is 0.460. The molecule has 186 valence electrons. The molecule has 0 spiro atoms. The van der Waals surface area contributed by atoms with E-state index < -0.39 is 23.9 Å². The molecule has 0 saturated carbocycles. The molecular formula is C23H35N7O4. The van der Waals surface area contributed by atoms with Gasteiger partial charge < -0.3 is 25.6 Å². The van der Waals surface area contributed by atoms with Crippen LogP contribution in [0.5, 0.6) is 0 Å². The fourth-order valence-corrected chi connectivity index (χ4v) is 4.32. The van der Waals surface area contributed by atoms with Crippen LogP contribution in [0.1, 0.15) is 39.5 Å². The van der Waals surface area contributed by atoms with Crippen molar-refractivity contribution < 1.29 is 19.1 Å². The van der Waals surface area contributed by atoms with Gasteiger partial charge in [-0.3, -0.25) is 9.36 Å². The predicted octanol–water partition coefficient (Wildman–Crippen LogP) is 1.27. The fraction of sp³-hybridized carbons (Fsp3) is 0.609. The number of rotatable bonds is 9. The number of anilines is 1. The van der Waals surface area contributed by atoms with Crippen molar-refractivity contribution in [1.82, 2.24) is 30.5 Å². The molecule has 3 rings (SSSR count). The lowest BCUT2D eigenvalue weighted by Crippen LogP contribution is -2.49. The Hall–Kier alpha value is -3.21. The second-order valence-electron chi connectivity index (χ2n) is 8.71. The van der Waals surface area contributed by atoms with E-state index in [1.165, 1.54) is 18.0 Å². The van der Waals surface area contributed by atoms with Crippen molar-refractivity contribution in [3.63, 3.8) is 0 Å². The summed E-state index contributed by atoms with van der Waals surface area (Å²) in [4.78, 5) is 48.0. The zero-order valence-electron chi connectivity index (χ0n) is 20.3. The maximum atomic E-state index is 12.8. The van der Waals surface area contributed by atoms with Crippen LogP contribution in [0.25, 0.3) is 11.0 Å². The second-order valence-corrected chi connectivity index (χ2v) is 8.71. The first-order valence-electron chi connectivity index (χ1n) is 11.8. The molecule has 3 atom stereocenters. The number of nitrogens with zero attached hydrogens (tertiary/aromatic N) is 4. The van der Waals surface area contributed by atoms with Crippen LogP contribution in [0.3, 0.4) is 0 Å². The number of hydrogen-bond acceptors (Lipinski definition) is 8. The van der Waals surface area contributed by atoms with Gasteiger partial charge in [-0.1, -0.05) is 26.7 Å². The highest BCUT2D eigenvalue weighted by Gasteiger charge is 2.27. The molecule has 1 fully saturated rings. The van der Waals surface area contributed by atoms with Crippen molar-refractivity contribution in [2.24, 2.45) is 5.92 Å². The number of carbonyl (C=O) groups is 3. The Balaban J connectivity index is 1.67. The van der Waals surface area contributed by atoms with Crippen molar-refractivity contribution in [2.75, 3.05) is 38.7 Å². The number of hydrogen-bond donors (Lipinski definition) is 3. The Morgan fingerprint density at radius 2 is 2.15 bits per heavy atom. The highest BCUT2D eigenvalue weighted by Crippen LogP contribution is 2.27. The summed E-state index contributed by atoms with van der Waals surface area (Å²) in [6.45, 7) is 5.83. The third kappa shape index (κ3) is 5.82. The quantitative estimate of drug-likeness (QED) is 0.464. The number of amides is 2. The molecule has 3 N–H and O–H groups in total. The standard InChI is InChI=1S/C23H35N7O4/c1-5-6-7-17(22(32)34-4)28-19(31)13-25-23(33)30-11-9-16-20(26-14-27-21(16)30)29(3)18-12-24-10-8-15(18)2/h9,11,14-15,17-18,24H,5-8,10,12-13H2,1-4H3,(H,25,33)(H,28,31)/t15-,17?,18+/m1/s1. The van der Waals surface area contributed by atoms with Crippen molar-refractivity contribution in [2.45, 2.75) is 51.6 Å². The summed E-state index contributed by atoms with van der Waals surface area (Å²) in [5.74, 6) is 0.295. The monoisotopic (exact) mass is 473 g/mol. The second kappa shape index (κ2) is 11.8. The zero-order chi connectivity index (χ0) is 24.7. The first-order valence-corrected chi connectivity index (χ1v) is 11.8. The van der Waals surface area contributed by atoms with Crippen LogP contribution in [-0.4, -0.2) is 78.3 Å². The van der Waals surface area contributed by atoms with Crippen LogP contribution in [0.4, 0.5) is 10.6 Å². The largest absolute Gasteiger partial charge is 0.467 e. The van der Waals surface area contributed by atoms with Crippen LogP contribution in [0.2, 0.25) is 0 Å². The normalized spacial score (nSPS) is 18.8. The minimum atomic E-state index is -0.732. The molecular weight excluding hydrogens is 438 g/mol. The van der Waals surface area contributed by atoms with Crippen LogP contribution >= 0.6 is 0 Å². The van der Waals surface area contributed by atoms with E-state index >= 15 is 0 Å². The van der Waals surface area contributed by atoms with Crippen LogP contribution in [0.15, 0.2) is 18.6 Å². The number of methoxy groups -OCH3 is 1. The number of carbonyl (C=O) groups excluding carboxylic acids is 3. The maximum absolute atomic E-state index is 12.8. The smallest absolute Gasteiger partial charge is 0.328 e. The third-order valence-corrected chi connectivity index (χ3v) is 6.36. The molecule has 2 amide bonds. The summed E-state index contributed by atoms with van der Waals surface area (Å²) in [6.07, 6.45) is 6.28. The molecule has 2 aromatic heterocycles. The van der Waals surface area contributed by atoms with E-state index in [0.29, 0.717) is 18.0 Å². The van der Waals surface area contributed by atoms with Gasteiger partial charge in [0.25, 0.3) is 0 Å². The Kier molecular flexibility index (Phi) is 8.80. The van der Waals surface area contributed by atoms with Crippen molar-refractivity contribution in [1.29, 1.82) is 0 Å². The van der Waals surface area contributed by atoms with Gasteiger partial charge in [0, 0.05) is 25.8 Å². The molecule has 1 saturated heterocycles. The molecule has 11 heteroatoms. The lowest BCUT2D eigenvalue weighted by Gasteiger charge is -2.37. The Morgan fingerprint density at radius 3 is 2.85 bits per heavy atom. The number of nitrogens with one attached hydrogen (secondary N) is 3. The summed E-state index contributed by atoms with van der Waals surface area (Å²) in [6, 6.07) is 0.862. The van der Waals surface area contributed by atoms with E-state index in [1.807, 2.05) is 14.0 Å². The molecule has 0 bridgehead atoms. The lowest BCUT2D eigenvalue weighted by atomic mass is 9.93. The van der Waals surface area contributed by atoms with Gasteiger partial charge in [-0.05, 0) is 31.4 Å². The number of unbranched alkanes of at least 4 members (excludes halogenated alkanes) is 1. The van der Waals surface area contributed by atoms with Crippen LogP contribution in [-0.2, 0) is 14.3 Å². The van der Waals surface area contributed by atoms with Gasteiger partial charge in [-0.15, -0.1) is 0 Å². The molecule has 34 heavy (non-hydrogen) atoms. The highest BCUT2D eigenvalue weighted by atomic mass is 16.5. The predicted molar refractivity (Wildman–Crippen MR) is 129 cm³/mol. The SMILES string of the molecule is CCCCC(NC(=O)CNC(=O)n1ccc2c(N(C)[C@H]3CNCC[C@H]3C)ncnc21)C(=O)OC. The summed E-state index contributed by atoms with van der Waals surface area (Å²) < 4.78 is 6.12. The van der Waals surface area contributed by atoms with Crippen LogP contribution in [0, 0.1) is 5.92 Å². The molecule has 1 unspecified atom stereocenters. The molecule has 2 aromatic rings. The van der Waals surface area contributed by atoms with Gasteiger partial charge >= 0.3 is 12.0 Å². The number of esters is 1. The molecule has 0 aliphatic carbocycles. The van der Waals surface area contributed by atoms with Gasteiger partial charge in [-0.25, -0.2) is 19.6 Å². The van der Waals surface area contributed by atoms with Gasteiger partial charge in [0.05, 0.1) is 19.0 Å². The first-order chi connectivity index (χ1) is 16.4. The number of fused-ring (bicyclic) bond motifs is 1.